The van der Waals surface area contributed by atoms with Gasteiger partial charge in [-0.05, 0) is 6.07 Å². The third-order valence-corrected chi connectivity index (χ3v) is 2.95. The molecule has 0 aromatic heterocycles. The molecule has 0 aliphatic rings. The van der Waals surface area contributed by atoms with Gasteiger partial charge in [0.15, 0.2) is 23.0 Å². The third-order valence-electron chi connectivity index (χ3n) is 2.28. The van der Waals surface area contributed by atoms with Crippen LogP contribution in [0.25, 0.3) is 0 Å². The number of phenolic OH excluding ortho intramolecular Hbond substituents is 2. The minimum atomic E-state index is -0.670. The maximum absolute atomic E-state index is 11.8. The number of hydrogen-bond acceptors (Lipinski definition) is 5. The molecule has 0 fully saturated rings. The average Bonchev–Trinajstić information content (AvgIpc) is 2.33. The summed E-state index contributed by atoms with van der Waals surface area (Å²) < 4.78 is 0. The zero-order chi connectivity index (χ0) is 14.0. The Morgan fingerprint density at radius 1 is 1.28 bits per heavy atom. The Morgan fingerprint density at radius 3 is 2.28 bits per heavy atom. The van der Waals surface area contributed by atoms with Crippen LogP contribution in [0.5, 0.6) is 11.5 Å². The fourth-order valence-corrected chi connectivity index (χ4v) is 1.72. The van der Waals surface area contributed by atoms with Gasteiger partial charge in [-0.15, -0.1) is 0 Å². The summed E-state index contributed by atoms with van der Waals surface area (Å²) in [5.41, 5.74) is -0.370. The standard InChI is InChI=1S/C11H11Cl2NO4/c1-4(2)9(15)8(14-18)5-3-6(12)10(16)11(17)7(5)13/h3-4,16-18H,1-2H3/b14-8-. The highest BCUT2D eigenvalue weighted by Crippen LogP contribution is 2.41. The topological polar surface area (TPSA) is 90.1 Å². The van der Waals surface area contributed by atoms with Crippen molar-refractivity contribution in [3.8, 4) is 11.5 Å². The van der Waals surface area contributed by atoms with E-state index in [-0.39, 0.29) is 21.3 Å². The molecule has 0 amide bonds. The molecule has 0 spiro atoms. The van der Waals surface area contributed by atoms with Gasteiger partial charge in [-0.3, -0.25) is 4.79 Å². The third kappa shape index (κ3) is 2.52. The van der Waals surface area contributed by atoms with E-state index in [1.807, 2.05) is 0 Å². The molecular formula is C11H11Cl2NO4. The van der Waals surface area contributed by atoms with Gasteiger partial charge in [0, 0.05) is 11.5 Å². The van der Waals surface area contributed by atoms with Gasteiger partial charge in [-0.2, -0.15) is 0 Å². The molecule has 1 aromatic carbocycles. The molecule has 0 radical (unpaired) electrons. The van der Waals surface area contributed by atoms with Crippen LogP contribution in [0.2, 0.25) is 10.0 Å². The van der Waals surface area contributed by atoms with Crippen molar-refractivity contribution in [3.63, 3.8) is 0 Å². The number of phenols is 2. The van der Waals surface area contributed by atoms with Gasteiger partial charge < -0.3 is 15.4 Å². The normalized spacial score (nSPS) is 11.9. The molecule has 0 aliphatic heterocycles. The number of carbonyl (C=O) groups is 1. The molecule has 3 N–H and O–H groups in total. The number of carbonyl (C=O) groups excluding carboxylic acids is 1. The second kappa shape index (κ2) is 5.46. The average molecular weight is 292 g/mol. The van der Waals surface area contributed by atoms with E-state index in [0.717, 1.165) is 6.07 Å². The van der Waals surface area contributed by atoms with Crippen molar-refractivity contribution in [3.05, 3.63) is 21.7 Å². The van der Waals surface area contributed by atoms with Crippen LogP contribution in [-0.2, 0) is 4.79 Å². The van der Waals surface area contributed by atoms with Crippen molar-refractivity contribution in [1.82, 2.24) is 0 Å². The molecule has 5 nitrogen and oxygen atoms in total. The summed E-state index contributed by atoms with van der Waals surface area (Å²) in [5, 5.41) is 30.1. The number of benzene rings is 1. The van der Waals surface area contributed by atoms with Crippen molar-refractivity contribution in [2.75, 3.05) is 0 Å². The quantitative estimate of drug-likeness (QED) is 0.346. The molecule has 0 heterocycles. The SMILES string of the molecule is CC(C)C(=O)/C(=N\O)c1cc(Cl)c(O)c(O)c1Cl. The highest BCUT2D eigenvalue weighted by Gasteiger charge is 2.24. The van der Waals surface area contributed by atoms with Crippen molar-refractivity contribution >= 4 is 34.7 Å². The predicted molar refractivity (Wildman–Crippen MR) is 68.0 cm³/mol. The van der Waals surface area contributed by atoms with Crippen LogP contribution < -0.4 is 0 Å². The van der Waals surface area contributed by atoms with Gasteiger partial charge in [0.25, 0.3) is 0 Å². The van der Waals surface area contributed by atoms with Crippen molar-refractivity contribution in [2.24, 2.45) is 11.1 Å². The Morgan fingerprint density at radius 2 is 1.83 bits per heavy atom. The molecule has 18 heavy (non-hydrogen) atoms. The number of nitrogens with zero attached hydrogens (tertiary/aromatic N) is 1. The maximum atomic E-state index is 11.8. The Kier molecular flexibility index (Phi) is 4.43. The number of oxime groups is 1. The molecule has 0 unspecified atom stereocenters. The largest absolute Gasteiger partial charge is 0.503 e. The first kappa shape index (κ1) is 14.6. The van der Waals surface area contributed by atoms with Gasteiger partial charge >= 0.3 is 0 Å². The minimum Gasteiger partial charge on any atom is -0.503 e. The van der Waals surface area contributed by atoms with Crippen LogP contribution in [-0.4, -0.2) is 26.9 Å². The Balaban J connectivity index is 3.46. The summed E-state index contributed by atoms with van der Waals surface area (Å²) in [6, 6.07) is 1.15. The summed E-state index contributed by atoms with van der Waals surface area (Å²) >= 11 is 11.4. The van der Waals surface area contributed by atoms with E-state index in [1.165, 1.54) is 0 Å². The van der Waals surface area contributed by atoms with Crippen LogP contribution in [0.3, 0.4) is 0 Å². The van der Waals surface area contributed by atoms with Crippen molar-refractivity contribution in [2.45, 2.75) is 13.8 Å². The second-order valence-electron chi connectivity index (χ2n) is 3.88. The monoisotopic (exact) mass is 291 g/mol. The van der Waals surface area contributed by atoms with Crippen LogP contribution in [0.1, 0.15) is 19.4 Å². The van der Waals surface area contributed by atoms with Crippen LogP contribution >= 0.6 is 23.2 Å². The number of Topliss-reactive ketones (excluding diaryl/α,β-unsaturated/α-hetero) is 1. The summed E-state index contributed by atoms with van der Waals surface area (Å²) in [5.74, 6) is -2.17. The zero-order valence-electron chi connectivity index (χ0n) is 9.61. The van der Waals surface area contributed by atoms with Gasteiger partial charge in [-0.25, -0.2) is 0 Å². The van der Waals surface area contributed by atoms with E-state index in [0.29, 0.717) is 0 Å². The Bertz CT molecular complexity index is 526. The second-order valence-corrected chi connectivity index (χ2v) is 4.67. The highest BCUT2D eigenvalue weighted by atomic mass is 35.5. The first-order valence-corrected chi connectivity index (χ1v) is 5.73. The Labute approximate surface area is 113 Å². The van der Waals surface area contributed by atoms with Crippen LogP contribution in [0, 0.1) is 5.92 Å². The van der Waals surface area contributed by atoms with E-state index in [1.54, 1.807) is 13.8 Å². The first-order chi connectivity index (χ1) is 8.31. The fourth-order valence-electron chi connectivity index (χ4n) is 1.28. The van der Waals surface area contributed by atoms with E-state index >= 15 is 0 Å². The van der Waals surface area contributed by atoms with Gasteiger partial charge in [0.2, 0.25) is 0 Å². The number of rotatable bonds is 3. The fraction of sp³-hybridized carbons (Fsp3) is 0.273. The lowest BCUT2D eigenvalue weighted by molar-refractivity contribution is -0.115. The number of hydrogen-bond donors (Lipinski definition) is 3. The van der Waals surface area contributed by atoms with Crippen molar-refractivity contribution in [1.29, 1.82) is 0 Å². The van der Waals surface area contributed by atoms with E-state index in [4.69, 9.17) is 28.4 Å². The molecule has 0 atom stereocenters. The Hall–Kier alpha value is -1.46. The minimum absolute atomic E-state index is 0.0434. The predicted octanol–water partition coefficient (Wildman–Crippen LogP) is 2.81. The number of ketones is 1. The smallest absolute Gasteiger partial charge is 0.187 e. The summed E-state index contributed by atoms with van der Waals surface area (Å²) in [6.07, 6.45) is 0. The molecule has 1 aromatic rings. The number of halogens is 2. The summed E-state index contributed by atoms with van der Waals surface area (Å²) in [6.45, 7) is 3.23. The van der Waals surface area contributed by atoms with E-state index in [2.05, 4.69) is 5.16 Å². The van der Waals surface area contributed by atoms with E-state index < -0.39 is 23.2 Å². The zero-order valence-corrected chi connectivity index (χ0v) is 11.1. The summed E-state index contributed by atoms with van der Waals surface area (Å²) in [4.78, 5) is 11.8. The molecular weight excluding hydrogens is 281 g/mol. The highest BCUT2D eigenvalue weighted by molar-refractivity contribution is 6.51. The van der Waals surface area contributed by atoms with E-state index in [9.17, 15) is 15.0 Å². The number of aromatic hydroxyl groups is 2. The van der Waals surface area contributed by atoms with Gasteiger partial charge in [0.05, 0.1) is 10.0 Å². The molecule has 0 saturated heterocycles. The lowest BCUT2D eigenvalue weighted by atomic mass is 9.98. The maximum Gasteiger partial charge on any atom is 0.187 e. The molecule has 0 bridgehead atoms. The lowest BCUT2D eigenvalue weighted by Gasteiger charge is -2.11. The first-order valence-electron chi connectivity index (χ1n) is 4.97. The van der Waals surface area contributed by atoms with Gasteiger partial charge in [0.1, 0.15) is 0 Å². The molecule has 1 rings (SSSR count). The molecule has 98 valence electrons. The summed E-state index contributed by atoms with van der Waals surface area (Å²) in [7, 11) is 0. The van der Waals surface area contributed by atoms with Crippen molar-refractivity contribution < 1.29 is 20.2 Å². The van der Waals surface area contributed by atoms with Gasteiger partial charge in [-0.1, -0.05) is 42.2 Å². The molecule has 7 heteroatoms. The molecule has 0 aliphatic carbocycles. The lowest BCUT2D eigenvalue weighted by Crippen LogP contribution is -2.21. The molecule has 0 saturated carbocycles. The van der Waals surface area contributed by atoms with Crippen LogP contribution in [0.15, 0.2) is 11.2 Å². The van der Waals surface area contributed by atoms with Crippen LogP contribution in [0.4, 0.5) is 0 Å².